The lowest BCUT2D eigenvalue weighted by atomic mass is 10.1. The fourth-order valence-electron chi connectivity index (χ4n) is 3.25. The highest BCUT2D eigenvalue weighted by molar-refractivity contribution is 7.90. The van der Waals surface area contributed by atoms with E-state index in [1.54, 1.807) is 13.8 Å². The van der Waals surface area contributed by atoms with Gasteiger partial charge in [0.2, 0.25) is 0 Å². The van der Waals surface area contributed by atoms with Crippen LogP contribution in [0.4, 0.5) is 24.5 Å². The molecule has 3 aromatic rings. The number of halogens is 3. The molecule has 2 aromatic carbocycles. The lowest BCUT2D eigenvalue weighted by Gasteiger charge is -2.16. The molecular formula is C20H19F3N4O4S. The van der Waals surface area contributed by atoms with Gasteiger partial charge in [0.05, 0.1) is 33.3 Å². The third kappa shape index (κ3) is 4.74. The van der Waals surface area contributed by atoms with Crippen molar-refractivity contribution in [1.29, 1.82) is 0 Å². The Morgan fingerprint density at radius 2 is 1.88 bits per heavy atom. The Balaban J connectivity index is 1.94. The lowest BCUT2D eigenvalue weighted by Crippen LogP contribution is -2.11. The van der Waals surface area contributed by atoms with E-state index in [2.05, 4.69) is 10.4 Å². The zero-order chi connectivity index (χ0) is 23.8. The van der Waals surface area contributed by atoms with E-state index in [0.29, 0.717) is 11.3 Å². The summed E-state index contributed by atoms with van der Waals surface area (Å²) in [4.78, 5) is 10.6. The van der Waals surface area contributed by atoms with Crippen molar-refractivity contribution >= 4 is 21.2 Å². The van der Waals surface area contributed by atoms with Gasteiger partial charge in [-0.3, -0.25) is 10.1 Å². The number of nitro benzene ring substituents is 1. The molecule has 1 aromatic heterocycles. The molecule has 0 aliphatic carbocycles. The maximum atomic E-state index is 13.0. The highest BCUT2D eigenvalue weighted by Crippen LogP contribution is 2.33. The van der Waals surface area contributed by atoms with E-state index in [1.807, 2.05) is 0 Å². The average molecular weight is 468 g/mol. The highest BCUT2D eigenvalue weighted by Gasteiger charge is 2.31. The Labute approximate surface area is 181 Å². The van der Waals surface area contributed by atoms with Crippen LogP contribution in [-0.4, -0.2) is 29.4 Å². The zero-order valence-corrected chi connectivity index (χ0v) is 18.0. The molecule has 0 bridgehead atoms. The Morgan fingerprint density at radius 1 is 1.19 bits per heavy atom. The number of hydrogen-bond donors (Lipinski definition) is 1. The summed E-state index contributed by atoms with van der Waals surface area (Å²) >= 11 is 0. The van der Waals surface area contributed by atoms with E-state index in [-0.39, 0.29) is 16.3 Å². The molecule has 0 saturated carbocycles. The molecule has 1 unspecified atom stereocenters. The number of nitro groups is 1. The van der Waals surface area contributed by atoms with Crippen LogP contribution in [0.25, 0.3) is 5.69 Å². The molecule has 1 heterocycles. The summed E-state index contributed by atoms with van der Waals surface area (Å²) < 4.78 is 63.9. The molecule has 0 saturated heterocycles. The van der Waals surface area contributed by atoms with Crippen LogP contribution in [-0.2, 0) is 16.0 Å². The molecule has 12 heteroatoms. The Morgan fingerprint density at radius 3 is 2.47 bits per heavy atom. The topological polar surface area (TPSA) is 107 Å². The molecule has 0 aliphatic heterocycles. The summed E-state index contributed by atoms with van der Waals surface area (Å²) in [5, 5.41) is 18.6. The third-order valence-electron chi connectivity index (χ3n) is 4.90. The summed E-state index contributed by atoms with van der Waals surface area (Å²) in [5.74, 6) is 0. The molecule has 170 valence electrons. The van der Waals surface area contributed by atoms with Crippen LogP contribution < -0.4 is 5.32 Å². The SMILES string of the molecule is Cc1c(C(C)Nc2ccc(S(C)(=O)=O)cc2[N+](=O)[O-])cnn1-c1cccc(C(F)(F)F)c1. The van der Waals surface area contributed by atoms with Crippen LogP contribution in [0.1, 0.15) is 29.8 Å². The van der Waals surface area contributed by atoms with E-state index in [4.69, 9.17) is 0 Å². The van der Waals surface area contributed by atoms with Gasteiger partial charge in [0.25, 0.3) is 5.69 Å². The first-order chi connectivity index (χ1) is 14.8. The van der Waals surface area contributed by atoms with Crippen LogP contribution >= 0.6 is 0 Å². The predicted octanol–water partition coefficient (Wildman–Crippen LogP) is 4.68. The second-order valence-corrected chi connectivity index (χ2v) is 9.24. The molecular weight excluding hydrogens is 449 g/mol. The minimum atomic E-state index is -4.49. The smallest absolute Gasteiger partial charge is 0.373 e. The molecule has 32 heavy (non-hydrogen) atoms. The number of hydrogen-bond acceptors (Lipinski definition) is 6. The molecule has 0 radical (unpaired) electrons. The van der Waals surface area contributed by atoms with Gasteiger partial charge in [-0.1, -0.05) is 6.07 Å². The third-order valence-corrected chi connectivity index (χ3v) is 6.01. The Kier molecular flexibility index (Phi) is 6.00. The van der Waals surface area contributed by atoms with Gasteiger partial charge in [-0.05, 0) is 44.2 Å². The van der Waals surface area contributed by atoms with Crippen LogP contribution in [0.2, 0.25) is 0 Å². The second kappa shape index (κ2) is 8.26. The number of anilines is 1. The van der Waals surface area contributed by atoms with Crippen molar-refractivity contribution in [3.8, 4) is 5.69 Å². The van der Waals surface area contributed by atoms with Crippen molar-refractivity contribution in [2.75, 3.05) is 11.6 Å². The van der Waals surface area contributed by atoms with E-state index < -0.39 is 38.2 Å². The number of sulfone groups is 1. The van der Waals surface area contributed by atoms with Gasteiger partial charge in [-0.25, -0.2) is 13.1 Å². The lowest BCUT2D eigenvalue weighted by molar-refractivity contribution is -0.384. The Bertz CT molecular complexity index is 1290. The van der Waals surface area contributed by atoms with Crippen molar-refractivity contribution in [3.05, 3.63) is 75.6 Å². The maximum Gasteiger partial charge on any atom is 0.416 e. The summed E-state index contributed by atoms with van der Waals surface area (Å²) in [6, 6.07) is 7.75. The number of rotatable bonds is 6. The molecule has 8 nitrogen and oxygen atoms in total. The van der Waals surface area contributed by atoms with Gasteiger partial charge in [-0.15, -0.1) is 0 Å². The highest BCUT2D eigenvalue weighted by atomic mass is 32.2. The van der Waals surface area contributed by atoms with Gasteiger partial charge in [0.1, 0.15) is 5.69 Å². The van der Waals surface area contributed by atoms with E-state index in [1.165, 1.54) is 35.1 Å². The summed E-state index contributed by atoms with van der Waals surface area (Å²) in [5.41, 5.74) is 0.242. The van der Waals surface area contributed by atoms with Crippen molar-refractivity contribution in [2.24, 2.45) is 0 Å². The number of benzene rings is 2. The number of aromatic nitrogens is 2. The first-order valence-electron chi connectivity index (χ1n) is 9.26. The van der Waals surface area contributed by atoms with Gasteiger partial charge < -0.3 is 5.32 Å². The molecule has 0 amide bonds. The van der Waals surface area contributed by atoms with Crippen LogP contribution in [0.3, 0.4) is 0 Å². The van der Waals surface area contributed by atoms with E-state index in [0.717, 1.165) is 24.5 Å². The molecule has 1 N–H and O–H groups in total. The minimum Gasteiger partial charge on any atom is -0.373 e. The first-order valence-corrected chi connectivity index (χ1v) is 11.2. The average Bonchev–Trinajstić information content (AvgIpc) is 3.08. The number of nitrogens with one attached hydrogen (secondary N) is 1. The number of nitrogens with zero attached hydrogens (tertiary/aromatic N) is 3. The van der Waals surface area contributed by atoms with Crippen molar-refractivity contribution in [3.63, 3.8) is 0 Å². The molecule has 0 fully saturated rings. The fourth-order valence-corrected chi connectivity index (χ4v) is 3.89. The molecule has 1 atom stereocenters. The quantitative estimate of drug-likeness (QED) is 0.416. The minimum absolute atomic E-state index is 0.0983. The first kappa shape index (κ1) is 23.3. The van der Waals surface area contributed by atoms with Crippen LogP contribution in [0.15, 0.2) is 53.6 Å². The van der Waals surface area contributed by atoms with Crippen molar-refractivity contribution < 1.29 is 26.5 Å². The largest absolute Gasteiger partial charge is 0.416 e. The maximum absolute atomic E-state index is 13.0. The molecule has 0 aliphatic rings. The summed E-state index contributed by atoms with van der Waals surface area (Å²) in [6.45, 7) is 3.37. The van der Waals surface area contributed by atoms with Crippen molar-refractivity contribution in [2.45, 2.75) is 31.0 Å². The van der Waals surface area contributed by atoms with E-state index in [9.17, 15) is 31.7 Å². The van der Waals surface area contributed by atoms with Gasteiger partial charge in [0, 0.05) is 23.6 Å². The normalized spacial score (nSPS) is 13.1. The second-order valence-electron chi connectivity index (χ2n) is 7.22. The van der Waals surface area contributed by atoms with Gasteiger partial charge in [-0.2, -0.15) is 18.3 Å². The predicted molar refractivity (Wildman–Crippen MR) is 112 cm³/mol. The standard InChI is InChI=1S/C20H19F3N4O4S/c1-12(25-18-8-7-16(32(3,30)31)10-19(18)27(28)29)17-11-24-26(13(17)2)15-6-4-5-14(9-15)20(21,22)23/h4-12,25H,1-3H3. The van der Waals surface area contributed by atoms with Crippen LogP contribution in [0.5, 0.6) is 0 Å². The van der Waals surface area contributed by atoms with Gasteiger partial charge in [0.15, 0.2) is 9.84 Å². The summed E-state index contributed by atoms with van der Waals surface area (Å²) in [6.07, 6.45) is -2.08. The van der Waals surface area contributed by atoms with Crippen molar-refractivity contribution in [1.82, 2.24) is 9.78 Å². The molecule has 3 rings (SSSR count). The Hall–Kier alpha value is -3.41. The summed E-state index contributed by atoms with van der Waals surface area (Å²) in [7, 11) is -3.63. The van der Waals surface area contributed by atoms with Gasteiger partial charge >= 0.3 is 6.18 Å². The van der Waals surface area contributed by atoms with E-state index >= 15 is 0 Å². The number of alkyl halides is 3. The molecule has 0 spiro atoms. The van der Waals surface area contributed by atoms with Crippen LogP contribution in [0, 0.1) is 17.0 Å². The fraction of sp³-hybridized carbons (Fsp3) is 0.250. The zero-order valence-electron chi connectivity index (χ0n) is 17.2. The monoisotopic (exact) mass is 468 g/mol.